The first-order chi connectivity index (χ1) is 12.8. The second-order valence-corrected chi connectivity index (χ2v) is 8.79. The average molecular weight is 390 g/mol. The van der Waals surface area contributed by atoms with Gasteiger partial charge < -0.3 is 5.32 Å². The summed E-state index contributed by atoms with van der Waals surface area (Å²) in [6.07, 6.45) is 2.76. The van der Waals surface area contributed by atoms with Crippen molar-refractivity contribution in [3.63, 3.8) is 0 Å². The average Bonchev–Trinajstić information content (AvgIpc) is 2.64. The van der Waals surface area contributed by atoms with Crippen molar-refractivity contribution in [3.05, 3.63) is 59.4 Å². The SMILES string of the molecule is Cc1cc(F)ccc1NC(=O)c1ccc(S(=O)(=O)N2CCCC[C@@H]2C)cc1. The summed E-state index contributed by atoms with van der Waals surface area (Å²) in [5.41, 5.74) is 1.46. The van der Waals surface area contributed by atoms with Crippen molar-refractivity contribution < 1.29 is 17.6 Å². The number of aryl methyl sites for hydroxylation is 1. The lowest BCUT2D eigenvalue weighted by Crippen LogP contribution is -2.41. The Hall–Kier alpha value is -2.25. The van der Waals surface area contributed by atoms with E-state index in [1.54, 1.807) is 6.92 Å². The number of nitrogens with one attached hydrogen (secondary N) is 1. The summed E-state index contributed by atoms with van der Waals surface area (Å²) in [5.74, 6) is -0.744. The molecule has 1 heterocycles. The Kier molecular flexibility index (Phi) is 5.62. The van der Waals surface area contributed by atoms with Crippen LogP contribution in [0.25, 0.3) is 0 Å². The molecule has 1 amide bonds. The molecule has 144 valence electrons. The van der Waals surface area contributed by atoms with Gasteiger partial charge in [-0.3, -0.25) is 4.79 Å². The molecule has 3 rings (SSSR count). The number of hydrogen-bond donors (Lipinski definition) is 1. The number of sulfonamides is 1. The highest BCUT2D eigenvalue weighted by atomic mass is 32.2. The van der Waals surface area contributed by atoms with E-state index in [1.807, 2.05) is 6.92 Å². The van der Waals surface area contributed by atoms with Gasteiger partial charge in [0.15, 0.2) is 0 Å². The van der Waals surface area contributed by atoms with Gasteiger partial charge in [-0.25, -0.2) is 12.8 Å². The molecule has 0 aromatic heterocycles. The van der Waals surface area contributed by atoms with Crippen LogP contribution in [0.15, 0.2) is 47.4 Å². The van der Waals surface area contributed by atoms with Gasteiger partial charge in [-0.2, -0.15) is 4.31 Å². The predicted octanol–water partition coefficient (Wildman–Crippen LogP) is 3.95. The van der Waals surface area contributed by atoms with Crippen LogP contribution in [-0.4, -0.2) is 31.2 Å². The molecule has 0 radical (unpaired) electrons. The molecular weight excluding hydrogens is 367 g/mol. The Labute approximate surface area is 159 Å². The maximum Gasteiger partial charge on any atom is 0.255 e. The van der Waals surface area contributed by atoms with Crippen LogP contribution in [0.4, 0.5) is 10.1 Å². The molecule has 1 saturated heterocycles. The number of anilines is 1. The van der Waals surface area contributed by atoms with Crippen LogP contribution in [0.2, 0.25) is 0 Å². The quantitative estimate of drug-likeness (QED) is 0.860. The van der Waals surface area contributed by atoms with Crippen LogP contribution >= 0.6 is 0 Å². The van der Waals surface area contributed by atoms with Crippen LogP contribution < -0.4 is 5.32 Å². The first-order valence-corrected chi connectivity index (χ1v) is 10.4. The minimum Gasteiger partial charge on any atom is -0.322 e. The van der Waals surface area contributed by atoms with Gasteiger partial charge in [0.05, 0.1) is 4.90 Å². The normalized spacial score (nSPS) is 18.3. The molecule has 1 aliphatic rings. The largest absolute Gasteiger partial charge is 0.322 e. The molecule has 2 aromatic rings. The molecule has 1 atom stereocenters. The fraction of sp³-hybridized carbons (Fsp3) is 0.350. The zero-order chi connectivity index (χ0) is 19.6. The van der Waals surface area contributed by atoms with Gasteiger partial charge in [-0.05, 0) is 74.7 Å². The number of rotatable bonds is 4. The monoisotopic (exact) mass is 390 g/mol. The fourth-order valence-electron chi connectivity index (χ4n) is 3.30. The van der Waals surface area contributed by atoms with E-state index in [2.05, 4.69) is 5.32 Å². The predicted molar refractivity (Wildman–Crippen MR) is 103 cm³/mol. The minimum absolute atomic E-state index is 0.0202. The van der Waals surface area contributed by atoms with E-state index in [0.717, 1.165) is 19.3 Å². The molecule has 27 heavy (non-hydrogen) atoms. The number of amides is 1. The topological polar surface area (TPSA) is 66.5 Å². The fourth-order valence-corrected chi connectivity index (χ4v) is 5.00. The summed E-state index contributed by atoms with van der Waals surface area (Å²) in [5, 5.41) is 2.72. The molecule has 0 unspecified atom stereocenters. The van der Waals surface area contributed by atoms with Gasteiger partial charge in [0.2, 0.25) is 10.0 Å². The van der Waals surface area contributed by atoms with E-state index in [-0.39, 0.29) is 22.7 Å². The smallest absolute Gasteiger partial charge is 0.255 e. The van der Waals surface area contributed by atoms with Gasteiger partial charge in [0.25, 0.3) is 5.91 Å². The van der Waals surface area contributed by atoms with Crippen LogP contribution in [0.1, 0.15) is 42.1 Å². The van der Waals surface area contributed by atoms with E-state index >= 15 is 0 Å². The molecule has 0 aliphatic carbocycles. The summed E-state index contributed by atoms with van der Waals surface area (Å²) >= 11 is 0. The number of halogens is 1. The first kappa shape index (κ1) is 19.5. The number of piperidine rings is 1. The highest BCUT2D eigenvalue weighted by Gasteiger charge is 2.30. The third-order valence-electron chi connectivity index (χ3n) is 4.90. The van der Waals surface area contributed by atoms with Crippen molar-refractivity contribution in [2.24, 2.45) is 0 Å². The van der Waals surface area contributed by atoms with Crippen LogP contribution in [0, 0.1) is 12.7 Å². The minimum atomic E-state index is -3.56. The number of nitrogens with zero attached hydrogens (tertiary/aromatic N) is 1. The Morgan fingerprint density at radius 3 is 2.48 bits per heavy atom. The summed E-state index contributed by atoms with van der Waals surface area (Å²) in [6, 6.07) is 10.0. The lowest BCUT2D eigenvalue weighted by Gasteiger charge is -2.32. The molecule has 5 nitrogen and oxygen atoms in total. The van der Waals surface area contributed by atoms with Crippen LogP contribution in [-0.2, 0) is 10.0 Å². The third-order valence-corrected chi connectivity index (χ3v) is 6.93. The molecular formula is C20H23FN2O3S. The second-order valence-electron chi connectivity index (χ2n) is 6.90. The molecule has 1 fully saturated rings. The van der Waals surface area contributed by atoms with Gasteiger partial charge in [-0.15, -0.1) is 0 Å². The van der Waals surface area contributed by atoms with Crippen molar-refractivity contribution in [1.29, 1.82) is 0 Å². The van der Waals surface area contributed by atoms with Gasteiger partial charge in [-0.1, -0.05) is 6.42 Å². The zero-order valence-electron chi connectivity index (χ0n) is 15.4. The first-order valence-electron chi connectivity index (χ1n) is 8.98. The van der Waals surface area contributed by atoms with Gasteiger partial charge >= 0.3 is 0 Å². The maximum absolute atomic E-state index is 13.2. The summed E-state index contributed by atoms with van der Waals surface area (Å²) in [7, 11) is -3.56. The van der Waals surface area contributed by atoms with Crippen LogP contribution in [0.5, 0.6) is 0 Å². The summed E-state index contributed by atoms with van der Waals surface area (Å²) < 4.78 is 40.4. The lowest BCUT2D eigenvalue weighted by molar-refractivity contribution is 0.102. The van der Waals surface area contributed by atoms with E-state index in [0.29, 0.717) is 23.4 Å². The Morgan fingerprint density at radius 1 is 1.15 bits per heavy atom. The Balaban J connectivity index is 1.77. The van der Waals surface area contributed by atoms with Gasteiger partial charge in [0.1, 0.15) is 5.82 Å². The second kappa shape index (κ2) is 7.78. The highest BCUT2D eigenvalue weighted by molar-refractivity contribution is 7.89. The zero-order valence-corrected chi connectivity index (χ0v) is 16.2. The summed E-state index contributed by atoms with van der Waals surface area (Å²) in [6.45, 7) is 4.15. The summed E-state index contributed by atoms with van der Waals surface area (Å²) in [4.78, 5) is 12.6. The number of hydrogen-bond acceptors (Lipinski definition) is 3. The van der Waals surface area contributed by atoms with Crippen molar-refractivity contribution in [2.45, 2.75) is 44.0 Å². The van der Waals surface area contributed by atoms with E-state index in [1.165, 1.54) is 46.8 Å². The molecule has 0 saturated carbocycles. The standard InChI is InChI=1S/C20H23FN2O3S/c1-14-13-17(21)8-11-19(14)22-20(24)16-6-9-18(10-7-16)27(25,26)23-12-4-3-5-15(23)2/h6-11,13,15H,3-5,12H2,1-2H3,(H,22,24)/t15-/m0/s1. The van der Waals surface area contributed by atoms with Crippen molar-refractivity contribution in [1.82, 2.24) is 4.31 Å². The lowest BCUT2D eigenvalue weighted by atomic mass is 10.1. The molecule has 2 aromatic carbocycles. The molecule has 0 bridgehead atoms. The molecule has 1 N–H and O–H groups in total. The number of carbonyl (C=O) groups excluding carboxylic acids is 1. The van der Waals surface area contributed by atoms with E-state index in [4.69, 9.17) is 0 Å². The van der Waals surface area contributed by atoms with E-state index < -0.39 is 10.0 Å². The molecule has 7 heteroatoms. The van der Waals surface area contributed by atoms with Gasteiger partial charge in [0, 0.05) is 23.8 Å². The highest BCUT2D eigenvalue weighted by Crippen LogP contribution is 2.25. The molecule has 1 aliphatic heterocycles. The Morgan fingerprint density at radius 2 is 1.85 bits per heavy atom. The third kappa shape index (κ3) is 4.20. The Bertz CT molecular complexity index is 942. The maximum atomic E-state index is 13.2. The van der Waals surface area contributed by atoms with E-state index in [9.17, 15) is 17.6 Å². The van der Waals surface area contributed by atoms with Crippen molar-refractivity contribution >= 4 is 21.6 Å². The van der Waals surface area contributed by atoms with Crippen LogP contribution in [0.3, 0.4) is 0 Å². The molecule has 0 spiro atoms. The number of benzene rings is 2. The number of carbonyl (C=O) groups is 1. The van der Waals surface area contributed by atoms with Crippen molar-refractivity contribution in [3.8, 4) is 0 Å². The van der Waals surface area contributed by atoms with Crippen molar-refractivity contribution in [2.75, 3.05) is 11.9 Å².